The van der Waals surface area contributed by atoms with Crippen LogP contribution in [0.15, 0.2) is 40.5 Å². The number of aromatic amines is 1. The van der Waals surface area contributed by atoms with Crippen LogP contribution in [0.5, 0.6) is 0 Å². The van der Waals surface area contributed by atoms with Gasteiger partial charge in [-0.15, -0.1) is 11.3 Å². The van der Waals surface area contributed by atoms with Crippen molar-refractivity contribution in [1.29, 1.82) is 0 Å². The molecule has 2 fully saturated rings. The highest BCUT2D eigenvalue weighted by molar-refractivity contribution is 7.10. The van der Waals surface area contributed by atoms with Gasteiger partial charge in [-0.1, -0.05) is 12.1 Å². The number of aliphatic hydroxyl groups excluding tert-OH is 1. The lowest BCUT2D eigenvalue weighted by Gasteiger charge is -2.31. The second-order valence-corrected chi connectivity index (χ2v) is 12.7. The predicted molar refractivity (Wildman–Crippen MR) is 154 cm³/mol. The molecule has 0 bridgehead atoms. The van der Waals surface area contributed by atoms with Crippen molar-refractivity contribution in [3.8, 4) is 0 Å². The number of aromatic nitrogens is 2. The third-order valence-electron chi connectivity index (χ3n) is 9.07. The fourth-order valence-electron chi connectivity index (χ4n) is 6.31. The van der Waals surface area contributed by atoms with E-state index < -0.39 is 23.8 Å². The van der Waals surface area contributed by atoms with Gasteiger partial charge in [-0.25, -0.2) is 4.98 Å². The van der Waals surface area contributed by atoms with Crippen LogP contribution in [-0.2, 0) is 34.1 Å². The van der Waals surface area contributed by atoms with Gasteiger partial charge in [0.05, 0.1) is 28.8 Å². The van der Waals surface area contributed by atoms with Crippen LogP contribution in [0.25, 0.3) is 0 Å². The lowest BCUT2D eigenvalue weighted by molar-refractivity contribution is -0.142. The van der Waals surface area contributed by atoms with Gasteiger partial charge in [-0.2, -0.15) is 13.2 Å². The van der Waals surface area contributed by atoms with Crippen molar-refractivity contribution in [2.24, 2.45) is 0 Å². The molecule has 6 rings (SSSR count). The molecule has 2 N–H and O–H groups in total. The predicted octanol–water partition coefficient (Wildman–Crippen LogP) is 4.66. The van der Waals surface area contributed by atoms with Gasteiger partial charge in [0.25, 0.3) is 11.5 Å². The lowest BCUT2D eigenvalue weighted by atomic mass is 9.90. The van der Waals surface area contributed by atoms with Gasteiger partial charge in [0.2, 0.25) is 5.91 Å². The second-order valence-electron chi connectivity index (χ2n) is 11.8. The van der Waals surface area contributed by atoms with E-state index in [4.69, 9.17) is 4.98 Å². The molecule has 8 nitrogen and oxygen atoms in total. The van der Waals surface area contributed by atoms with E-state index in [0.717, 1.165) is 61.8 Å². The van der Waals surface area contributed by atoms with E-state index in [9.17, 15) is 32.7 Å². The van der Waals surface area contributed by atoms with Crippen molar-refractivity contribution in [2.75, 3.05) is 19.6 Å². The summed E-state index contributed by atoms with van der Waals surface area (Å²) in [7, 11) is 0. The summed E-state index contributed by atoms with van der Waals surface area (Å²) >= 11 is 1.68. The van der Waals surface area contributed by atoms with Gasteiger partial charge >= 0.3 is 6.18 Å². The first-order chi connectivity index (χ1) is 20.5. The van der Waals surface area contributed by atoms with Crippen molar-refractivity contribution in [3.05, 3.63) is 84.7 Å². The van der Waals surface area contributed by atoms with E-state index in [2.05, 4.69) is 16.4 Å². The Balaban J connectivity index is 1.20. The van der Waals surface area contributed by atoms with Gasteiger partial charge in [-0.05, 0) is 79.1 Å². The Labute approximate surface area is 250 Å². The number of thiophene rings is 1. The maximum Gasteiger partial charge on any atom is 0.416 e. The minimum atomic E-state index is -4.60. The summed E-state index contributed by atoms with van der Waals surface area (Å²) in [5.74, 6) is 0.374. The molecule has 3 aliphatic rings. The molecule has 2 aliphatic heterocycles. The SMILES string of the molecule is CC(=O)N1CCC(c2csc(C3(c4nc5c(c(=O)[nH]4)CN(C(=O)[C@H](O)c4cccc(C(F)(F)F)c4)CCC5)CC3)c2)CC1. The number of amides is 2. The van der Waals surface area contributed by atoms with Crippen LogP contribution in [0.4, 0.5) is 13.2 Å². The number of hydrogen-bond donors (Lipinski definition) is 2. The summed E-state index contributed by atoms with van der Waals surface area (Å²) in [5.41, 5.74) is 0.429. The monoisotopic (exact) mass is 614 g/mol. The van der Waals surface area contributed by atoms with Crippen molar-refractivity contribution in [2.45, 2.75) is 75.6 Å². The van der Waals surface area contributed by atoms with E-state index >= 15 is 0 Å². The molecular formula is C31H33F3N4O4S. The minimum absolute atomic E-state index is 0.0814. The summed E-state index contributed by atoms with van der Waals surface area (Å²) in [5, 5.41) is 12.9. The minimum Gasteiger partial charge on any atom is -0.378 e. The first-order valence-corrected chi connectivity index (χ1v) is 15.5. The molecule has 1 aliphatic carbocycles. The zero-order valence-corrected chi connectivity index (χ0v) is 24.6. The van der Waals surface area contributed by atoms with Crippen molar-refractivity contribution < 1.29 is 27.9 Å². The largest absolute Gasteiger partial charge is 0.416 e. The number of carbonyl (C=O) groups excluding carboxylic acids is 2. The second kappa shape index (κ2) is 11.2. The molecule has 0 spiro atoms. The van der Waals surface area contributed by atoms with Gasteiger partial charge in [0, 0.05) is 31.4 Å². The maximum absolute atomic E-state index is 13.4. The Morgan fingerprint density at radius 3 is 2.56 bits per heavy atom. The summed E-state index contributed by atoms with van der Waals surface area (Å²) in [6.07, 6.45) is -1.84. The number of rotatable bonds is 5. The highest BCUT2D eigenvalue weighted by Gasteiger charge is 2.50. The molecule has 0 radical (unpaired) electrons. The molecule has 228 valence electrons. The zero-order chi connectivity index (χ0) is 30.5. The molecule has 2 amide bonds. The third-order valence-corrected chi connectivity index (χ3v) is 10.2. The van der Waals surface area contributed by atoms with Crippen molar-refractivity contribution in [3.63, 3.8) is 0 Å². The van der Waals surface area contributed by atoms with Crippen LogP contribution in [0, 0.1) is 0 Å². The molecule has 1 atom stereocenters. The Kier molecular flexibility index (Phi) is 7.70. The highest BCUT2D eigenvalue weighted by Crippen LogP contribution is 2.54. The molecule has 3 aromatic rings. The molecular weight excluding hydrogens is 581 g/mol. The number of carbonyl (C=O) groups is 2. The quantitative estimate of drug-likeness (QED) is 0.435. The number of nitrogens with one attached hydrogen (secondary N) is 1. The van der Waals surface area contributed by atoms with Crippen molar-refractivity contribution in [1.82, 2.24) is 19.8 Å². The lowest BCUT2D eigenvalue weighted by Crippen LogP contribution is -2.36. The van der Waals surface area contributed by atoms with Gasteiger partial charge in [0.1, 0.15) is 5.82 Å². The van der Waals surface area contributed by atoms with Gasteiger partial charge in [-0.3, -0.25) is 14.4 Å². The summed E-state index contributed by atoms with van der Waals surface area (Å²) in [6.45, 7) is 3.27. The first-order valence-electron chi connectivity index (χ1n) is 14.6. The molecule has 2 aromatic heterocycles. The summed E-state index contributed by atoms with van der Waals surface area (Å²) in [4.78, 5) is 50.5. The number of H-pyrrole nitrogens is 1. The van der Waals surface area contributed by atoms with E-state index in [1.807, 2.05) is 4.90 Å². The molecule has 1 saturated carbocycles. The number of likely N-dealkylation sites (tertiary alicyclic amines) is 1. The topological polar surface area (TPSA) is 107 Å². The summed E-state index contributed by atoms with van der Waals surface area (Å²) < 4.78 is 39.5. The van der Waals surface area contributed by atoms with Crippen LogP contribution in [0.3, 0.4) is 0 Å². The maximum atomic E-state index is 13.4. The summed E-state index contributed by atoms with van der Waals surface area (Å²) in [6, 6.07) is 6.32. The number of fused-ring (bicyclic) bond motifs is 1. The number of hydrogen-bond acceptors (Lipinski definition) is 6. The number of halogens is 3. The van der Waals surface area contributed by atoms with Crippen LogP contribution in [0.1, 0.15) is 89.7 Å². The third kappa shape index (κ3) is 5.74. The van der Waals surface area contributed by atoms with Gasteiger partial charge in [0.15, 0.2) is 6.10 Å². The number of nitrogens with zero attached hydrogens (tertiary/aromatic N) is 3. The number of alkyl halides is 3. The van der Waals surface area contributed by atoms with E-state index in [0.29, 0.717) is 35.8 Å². The Morgan fingerprint density at radius 2 is 1.88 bits per heavy atom. The van der Waals surface area contributed by atoms with Gasteiger partial charge < -0.3 is 19.9 Å². The van der Waals surface area contributed by atoms with E-state index in [-0.39, 0.29) is 35.5 Å². The molecule has 1 aromatic carbocycles. The number of aliphatic hydroxyl groups is 1. The number of piperidine rings is 1. The van der Waals surface area contributed by atoms with Crippen LogP contribution < -0.4 is 5.56 Å². The van der Waals surface area contributed by atoms with Crippen LogP contribution in [0.2, 0.25) is 0 Å². The average molecular weight is 615 g/mol. The zero-order valence-electron chi connectivity index (χ0n) is 23.7. The van der Waals surface area contributed by atoms with Crippen LogP contribution in [-0.4, -0.2) is 56.3 Å². The fraction of sp³-hybridized carbons (Fsp3) is 0.484. The Bertz CT molecular complexity index is 1600. The Hall–Kier alpha value is -3.51. The Morgan fingerprint density at radius 1 is 1.14 bits per heavy atom. The molecule has 12 heteroatoms. The fourth-order valence-corrected chi connectivity index (χ4v) is 7.56. The molecule has 0 unspecified atom stereocenters. The smallest absolute Gasteiger partial charge is 0.378 e. The highest BCUT2D eigenvalue weighted by atomic mass is 32.1. The van der Waals surface area contributed by atoms with Crippen molar-refractivity contribution >= 4 is 23.2 Å². The molecule has 4 heterocycles. The van der Waals surface area contributed by atoms with E-state index in [1.54, 1.807) is 18.3 Å². The van der Waals surface area contributed by atoms with Crippen LogP contribution >= 0.6 is 11.3 Å². The number of aryl methyl sites for hydroxylation is 1. The average Bonchev–Trinajstić information content (AvgIpc) is 3.70. The standard InChI is InChI=1S/C31H33F3N4O4S/c1-18(39)37-12-7-19(8-13-37)21-15-25(43-17-21)30(9-10-30)29-35-24-6-3-11-38(16-23(24)27(41)36-29)28(42)26(40)20-4-2-5-22(14-20)31(32,33)34/h2,4-5,14-15,17,19,26,40H,3,6-13,16H2,1H3,(H,35,36,41)/t26-/m1/s1. The number of benzene rings is 1. The molecule has 1 saturated heterocycles. The van der Waals surface area contributed by atoms with E-state index in [1.165, 1.54) is 16.5 Å². The normalized spacial score (nSPS) is 19.5. The first kappa shape index (κ1) is 29.6. The molecule has 43 heavy (non-hydrogen) atoms.